The van der Waals surface area contributed by atoms with Crippen LogP contribution in [0.1, 0.15) is 12.0 Å². The van der Waals surface area contributed by atoms with Gasteiger partial charge in [0.2, 0.25) is 0 Å². The molecule has 3 rings (SSSR count). The number of halogens is 3. The Morgan fingerprint density at radius 3 is 2.85 bits per heavy atom. The molecule has 0 aromatic heterocycles. The number of morpholine rings is 1. The quantitative estimate of drug-likeness (QED) is 0.362. The van der Waals surface area contributed by atoms with E-state index in [9.17, 15) is 4.39 Å². The van der Waals surface area contributed by atoms with E-state index in [2.05, 4.69) is 36.0 Å². The number of nitrogens with one attached hydrogen (secondary N) is 1. The number of ether oxygens (including phenoxy) is 1. The Kier molecular flexibility index (Phi) is 9.05. The van der Waals surface area contributed by atoms with Crippen molar-refractivity contribution in [1.82, 2.24) is 15.1 Å². The fourth-order valence-corrected chi connectivity index (χ4v) is 3.96. The smallest absolute Gasteiger partial charge is 0.193 e. The molecular weight excluding hydrogens is 514 g/mol. The monoisotopic (exact) mass is 540 g/mol. The molecule has 2 aliphatic heterocycles. The molecule has 1 aromatic rings. The normalized spacial score (nSPS) is 21.6. The van der Waals surface area contributed by atoms with Gasteiger partial charge in [-0.2, -0.15) is 0 Å². The topological polar surface area (TPSA) is 40.1 Å². The molecule has 2 heterocycles. The summed E-state index contributed by atoms with van der Waals surface area (Å²) in [6.07, 6.45) is 1.78. The number of rotatable bonds is 4. The second kappa shape index (κ2) is 10.8. The summed E-state index contributed by atoms with van der Waals surface area (Å²) >= 11 is 3.40. The van der Waals surface area contributed by atoms with Gasteiger partial charge in [-0.3, -0.25) is 9.89 Å². The third kappa shape index (κ3) is 5.77. The molecule has 2 fully saturated rings. The Bertz CT molecular complexity index is 613. The molecule has 1 atom stereocenters. The first kappa shape index (κ1) is 21.8. The van der Waals surface area contributed by atoms with E-state index in [-0.39, 0.29) is 29.8 Å². The fourth-order valence-electron chi connectivity index (χ4n) is 3.55. The molecule has 1 unspecified atom stereocenters. The molecule has 0 spiro atoms. The van der Waals surface area contributed by atoms with E-state index in [1.807, 2.05) is 13.1 Å². The van der Waals surface area contributed by atoms with Crippen LogP contribution in [0.5, 0.6) is 0 Å². The number of hydrogen-bond acceptors (Lipinski definition) is 3. The Hall–Kier alpha value is -0.450. The van der Waals surface area contributed by atoms with Crippen molar-refractivity contribution in [2.75, 3.05) is 53.0 Å². The molecule has 0 radical (unpaired) electrons. The maximum Gasteiger partial charge on any atom is 0.193 e. The van der Waals surface area contributed by atoms with E-state index < -0.39 is 0 Å². The molecule has 2 aliphatic rings. The standard InChI is InChI=1S/C18H26BrFN4O.HI/c1-21-18(22-6-4-14-12-15(19)2-3-17(14)20)24-7-5-16(13-24)23-8-10-25-11-9-23;/h2-3,12,16H,4-11,13H2,1H3,(H,21,22);1H. The van der Waals surface area contributed by atoms with Crippen LogP contribution in [0.4, 0.5) is 4.39 Å². The van der Waals surface area contributed by atoms with Gasteiger partial charge < -0.3 is 15.0 Å². The number of guanidine groups is 1. The second-order valence-corrected chi connectivity index (χ2v) is 7.41. The highest BCUT2D eigenvalue weighted by atomic mass is 127. The molecule has 0 aliphatic carbocycles. The molecule has 1 aromatic carbocycles. The van der Waals surface area contributed by atoms with E-state index in [0.717, 1.165) is 56.2 Å². The average molecular weight is 541 g/mol. The van der Waals surface area contributed by atoms with Gasteiger partial charge in [0.25, 0.3) is 0 Å². The van der Waals surface area contributed by atoms with Gasteiger partial charge in [0.05, 0.1) is 13.2 Å². The van der Waals surface area contributed by atoms with Crippen LogP contribution in [0.25, 0.3) is 0 Å². The van der Waals surface area contributed by atoms with E-state index >= 15 is 0 Å². The first-order valence-electron chi connectivity index (χ1n) is 8.88. The van der Waals surface area contributed by atoms with Crippen molar-refractivity contribution in [3.63, 3.8) is 0 Å². The van der Waals surface area contributed by atoms with Crippen molar-refractivity contribution in [1.29, 1.82) is 0 Å². The van der Waals surface area contributed by atoms with Gasteiger partial charge in [0.15, 0.2) is 5.96 Å². The van der Waals surface area contributed by atoms with Crippen molar-refractivity contribution in [3.05, 3.63) is 34.1 Å². The molecule has 0 amide bonds. The molecule has 5 nitrogen and oxygen atoms in total. The summed E-state index contributed by atoms with van der Waals surface area (Å²) in [5, 5.41) is 3.38. The predicted molar refractivity (Wildman–Crippen MR) is 117 cm³/mol. The van der Waals surface area contributed by atoms with Crippen molar-refractivity contribution < 1.29 is 9.13 Å². The van der Waals surface area contributed by atoms with Gasteiger partial charge in [0.1, 0.15) is 5.82 Å². The van der Waals surface area contributed by atoms with Crippen molar-refractivity contribution in [2.45, 2.75) is 18.9 Å². The molecular formula is C18H27BrFIN4O. The van der Waals surface area contributed by atoms with E-state index in [1.54, 1.807) is 6.07 Å². The summed E-state index contributed by atoms with van der Waals surface area (Å²) in [6, 6.07) is 5.64. The number of likely N-dealkylation sites (tertiary alicyclic amines) is 1. The zero-order valence-electron chi connectivity index (χ0n) is 15.1. The summed E-state index contributed by atoms with van der Waals surface area (Å²) in [5.74, 6) is 0.750. The number of nitrogens with zero attached hydrogens (tertiary/aromatic N) is 3. The summed E-state index contributed by atoms with van der Waals surface area (Å²) in [6.45, 7) is 6.37. The Morgan fingerprint density at radius 1 is 1.35 bits per heavy atom. The van der Waals surface area contributed by atoms with Crippen LogP contribution in [0.3, 0.4) is 0 Å². The SMILES string of the molecule is CN=C(NCCc1cc(Br)ccc1F)N1CCC(N2CCOCC2)C1.I. The third-order valence-corrected chi connectivity index (χ3v) is 5.42. The maximum atomic E-state index is 13.8. The minimum absolute atomic E-state index is 0. The molecule has 0 saturated carbocycles. The highest BCUT2D eigenvalue weighted by Crippen LogP contribution is 2.18. The summed E-state index contributed by atoms with van der Waals surface area (Å²) in [4.78, 5) is 9.23. The van der Waals surface area contributed by atoms with E-state index in [1.165, 1.54) is 6.07 Å². The van der Waals surface area contributed by atoms with Gasteiger partial charge in [0, 0.05) is 50.3 Å². The number of benzene rings is 1. The van der Waals surface area contributed by atoms with Crippen LogP contribution < -0.4 is 5.32 Å². The first-order chi connectivity index (χ1) is 12.2. The van der Waals surface area contributed by atoms with Crippen molar-refractivity contribution >= 4 is 45.9 Å². The van der Waals surface area contributed by atoms with Crippen LogP contribution in [-0.4, -0.2) is 74.8 Å². The minimum atomic E-state index is -0.159. The van der Waals surface area contributed by atoms with Crippen LogP contribution >= 0.6 is 39.9 Å². The summed E-state index contributed by atoms with van der Waals surface area (Å²) in [5.41, 5.74) is 0.713. The lowest BCUT2D eigenvalue weighted by atomic mass is 10.1. The lowest BCUT2D eigenvalue weighted by molar-refractivity contribution is 0.0195. The van der Waals surface area contributed by atoms with Gasteiger partial charge in [-0.1, -0.05) is 15.9 Å². The molecule has 1 N–H and O–H groups in total. The average Bonchev–Trinajstić information content (AvgIpc) is 3.12. The summed E-state index contributed by atoms with van der Waals surface area (Å²) in [7, 11) is 1.81. The number of aliphatic imine (C=N–C) groups is 1. The minimum Gasteiger partial charge on any atom is -0.379 e. The van der Waals surface area contributed by atoms with Crippen LogP contribution in [0.2, 0.25) is 0 Å². The number of hydrogen-bond donors (Lipinski definition) is 1. The first-order valence-corrected chi connectivity index (χ1v) is 9.68. The van der Waals surface area contributed by atoms with Crippen LogP contribution in [0.15, 0.2) is 27.7 Å². The van der Waals surface area contributed by atoms with Crippen LogP contribution in [0, 0.1) is 5.82 Å². The second-order valence-electron chi connectivity index (χ2n) is 6.50. The van der Waals surface area contributed by atoms with Gasteiger partial charge >= 0.3 is 0 Å². The zero-order valence-corrected chi connectivity index (χ0v) is 19.0. The molecule has 8 heteroatoms. The molecule has 146 valence electrons. The molecule has 0 bridgehead atoms. The van der Waals surface area contributed by atoms with E-state index in [4.69, 9.17) is 4.74 Å². The van der Waals surface area contributed by atoms with E-state index in [0.29, 0.717) is 24.6 Å². The highest BCUT2D eigenvalue weighted by molar-refractivity contribution is 14.0. The zero-order chi connectivity index (χ0) is 17.6. The summed E-state index contributed by atoms with van der Waals surface area (Å²) < 4.78 is 20.2. The molecule has 26 heavy (non-hydrogen) atoms. The lowest BCUT2D eigenvalue weighted by Crippen LogP contribution is -2.46. The lowest BCUT2D eigenvalue weighted by Gasteiger charge is -2.32. The van der Waals surface area contributed by atoms with Gasteiger partial charge in [-0.05, 0) is 36.6 Å². The van der Waals surface area contributed by atoms with Crippen LogP contribution in [-0.2, 0) is 11.2 Å². The van der Waals surface area contributed by atoms with Gasteiger partial charge in [-0.15, -0.1) is 24.0 Å². The van der Waals surface area contributed by atoms with Gasteiger partial charge in [-0.25, -0.2) is 4.39 Å². The fraction of sp³-hybridized carbons (Fsp3) is 0.611. The third-order valence-electron chi connectivity index (χ3n) is 4.92. The predicted octanol–water partition coefficient (Wildman–Crippen LogP) is 2.73. The Morgan fingerprint density at radius 2 is 2.12 bits per heavy atom. The molecule has 2 saturated heterocycles. The highest BCUT2D eigenvalue weighted by Gasteiger charge is 2.30. The Balaban J connectivity index is 0.00000243. The van der Waals surface area contributed by atoms with Crippen molar-refractivity contribution in [2.24, 2.45) is 4.99 Å². The maximum absolute atomic E-state index is 13.8. The largest absolute Gasteiger partial charge is 0.379 e. The Labute approximate surface area is 180 Å². The van der Waals surface area contributed by atoms with Crippen molar-refractivity contribution in [3.8, 4) is 0 Å².